The zero-order valence-electron chi connectivity index (χ0n) is 14.2. The molecule has 2 fully saturated rings. The Balaban J connectivity index is 1.50. The number of nitrogens with one attached hydrogen (secondary N) is 2. The zero-order chi connectivity index (χ0) is 17.3. The smallest absolute Gasteiger partial charge is 0.272 e. The number of ether oxygens (including phenoxy) is 2. The van der Waals surface area contributed by atoms with E-state index in [-0.39, 0.29) is 11.5 Å². The van der Waals surface area contributed by atoms with Crippen LogP contribution in [-0.4, -0.2) is 66.5 Å². The molecule has 1 amide bonds. The predicted octanol–water partition coefficient (Wildman–Crippen LogP) is 1.29. The molecule has 2 aliphatic rings. The summed E-state index contributed by atoms with van der Waals surface area (Å²) in [6.07, 6.45) is 0.941. The number of morpholine rings is 1. The van der Waals surface area contributed by atoms with Gasteiger partial charge in [0.05, 0.1) is 31.6 Å². The van der Waals surface area contributed by atoms with E-state index >= 15 is 0 Å². The van der Waals surface area contributed by atoms with E-state index in [4.69, 9.17) is 9.47 Å². The third kappa shape index (κ3) is 3.12. The van der Waals surface area contributed by atoms with E-state index in [0.717, 1.165) is 36.5 Å². The minimum atomic E-state index is -0.229. The number of nitrogens with zero attached hydrogens (tertiary/aromatic N) is 2. The molecule has 7 heteroatoms. The molecule has 0 bridgehead atoms. The molecule has 0 saturated carbocycles. The van der Waals surface area contributed by atoms with Crippen LogP contribution in [0.3, 0.4) is 0 Å². The maximum absolute atomic E-state index is 12.8. The number of hydrogen-bond acceptors (Lipinski definition) is 5. The number of benzene rings is 1. The summed E-state index contributed by atoms with van der Waals surface area (Å²) in [5.41, 5.74) is 1.96. The van der Waals surface area contributed by atoms with Crippen molar-refractivity contribution in [2.45, 2.75) is 12.0 Å². The molecule has 0 radical (unpaired) electrons. The Morgan fingerprint density at radius 1 is 1.36 bits per heavy atom. The molecule has 132 valence electrons. The van der Waals surface area contributed by atoms with Crippen molar-refractivity contribution < 1.29 is 14.3 Å². The number of aromatic amines is 1. The van der Waals surface area contributed by atoms with Crippen molar-refractivity contribution in [2.24, 2.45) is 0 Å². The second kappa shape index (κ2) is 6.50. The highest BCUT2D eigenvalue weighted by atomic mass is 16.5. The summed E-state index contributed by atoms with van der Waals surface area (Å²) in [6, 6.07) is 9.42. The molecule has 1 spiro atoms. The fourth-order valence-corrected chi connectivity index (χ4v) is 3.51. The Bertz CT molecular complexity index is 750. The Labute approximate surface area is 146 Å². The highest BCUT2D eigenvalue weighted by Gasteiger charge is 2.41. The van der Waals surface area contributed by atoms with E-state index < -0.39 is 0 Å². The quantitative estimate of drug-likeness (QED) is 0.879. The standard InChI is InChI=1S/C18H22N4O3/c1-24-14-4-2-13(3-5-14)15-10-16(21-20-15)17(23)22-8-9-25-18(12-22)6-7-19-11-18/h2-5,10,19H,6-9,11-12H2,1H3,(H,20,21). The van der Waals surface area contributed by atoms with Crippen molar-refractivity contribution >= 4 is 5.91 Å². The largest absolute Gasteiger partial charge is 0.497 e. The van der Waals surface area contributed by atoms with Crippen LogP contribution in [0, 0.1) is 0 Å². The van der Waals surface area contributed by atoms with Crippen molar-refractivity contribution in [3.63, 3.8) is 0 Å². The zero-order valence-corrected chi connectivity index (χ0v) is 14.2. The molecule has 2 aromatic rings. The SMILES string of the molecule is COc1ccc(-c2cc(C(=O)N3CCOC4(CCNC4)C3)[nH]n2)cc1. The van der Waals surface area contributed by atoms with Crippen molar-refractivity contribution in [2.75, 3.05) is 39.9 Å². The Hall–Kier alpha value is -2.38. The normalized spacial score (nSPS) is 23.2. The van der Waals surface area contributed by atoms with Crippen LogP contribution in [0.15, 0.2) is 30.3 Å². The van der Waals surface area contributed by atoms with Gasteiger partial charge in [0, 0.05) is 18.7 Å². The molecule has 4 rings (SSSR count). The van der Waals surface area contributed by atoms with Gasteiger partial charge in [0.1, 0.15) is 11.4 Å². The molecule has 1 aromatic heterocycles. The molecule has 1 atom stereocenters. The summed E-state index contributed by atoms with van der Waals surface area (Å²) >= 11 is 0. The van der Waals surface area contributed by atoms with Gasteiger partial charge in [0.2, 0.25) is 0 Å². The van der Waals surface area contributed by atoms with Crippen molar-refractivity contribution in [1.29, 1.82) is 0 Å². The van der Waals surface area contributed by atoms with Gasteiger partial charge in [-0.05, 0) is 43.3 Å². The maximum atomic E-state index is 12.8. The van der Waals surface area contributed by atoms with Crippen LogP contribution in [0.5, 0.6) is 5.75 Å². The predicted molar refractivity (Wildman–Crippen MR) is 92.6 cm³/mol. The van der Waals surface area contributed by atoms with Crippen LogP contribution in [-0.2, 0) is 4.74 Å². The molecular formula is C18H22N4O3. The van der Waals surface area contributed by atoms with Crippen molar-refractivity contribution in [1.82, 2.24) is 20.4 Å². The first kappa shape index (κ1) is 16.1. The molecule has 25 heavy (non-hydrogen) atoms. The lowest BCUT2D eigenvalue weighted by Crippen LogP contribution is -2.54. The molecule has 0 aliphatic carbocycles. The highest BCUT2D eigenvalue weighted by molar-refractivity contribution is 5.93. The first-order chi connectivity index (χ1) is 12.2. The van der Waals surface area contributed by atoms with E-state index in [1.165, 1.54) is 0 Å². The summed E-state index contributed by atoms with van der Waals surface area (Å²) in [5, 5.41) is 10.5. The van der Waals surface area contributed by atoms with Crippen LogP contribution < -0.4 is 10.1 Å². The van der Waals surface area contributed by atoms with Crippen LogP contribution >= 0.6 is 0 Å². The van der Waals surface area contributed by atoms with Gasteiger partial charge in [-0.15, -0.1) is 0 Å². The fraction of sp³-hybridized carbons (Fsp3) is 0.444. The minimum absolute atomic E-state index is 0.0261. The van der Waals surface area contributed by atoms with Gasteiger partial charge in [-0.25, -0.2) is 0 Å². The van der Waals surface area contributed by atoms with E-state index in [1.54, 1.807) is 13.2 Å². The molecule has 2 aliphatic heterocycles. The minimum Gasteiger partial charge on any atom is -0.497 e. The molecule has 1 unspecified atom stereocenters. The third-order valence-electron chi connectivity index (χ3n) is 4.93. The molecule has 3 heterocycles. The lowest BCUT2D eigenvalue weighted by Gasteiger charge is -2.39. The number of rotatable bonds is 3. The maximum Gasteiger partial charge on any atom is 0.272 e. The molecule has 2 N–H and O–H groups in total. The Morgan fingerprint density at radius 3 is 2.92 bits per heavy atom. The number of aromatic nitrogens is 2. The van der Waals surface area contributed by atoms with Crippen LogP contribution in [0.25, 0.3) is 11.3 Å². The molecular weight excluding hydrogens is 320 g/mol. The summed E-state index contributed by atoms with van der Waals surface area (Å²) < 4.78 is 11.1. The van der Waals surface area contributed by atoms with E-state index in [1.807, 2.05) is 29.2 Å². The number of carbonyl (C=O) groups excluding carboxylic acids is 1. The summed E-state index contributed by atoms with van der Waals surface area (Å²) in [7, 11) is 1.63. The number of hydrogen-bond donors (Lipinski definition) is 2. The van der Waals surface area contributed by atoms with E-state index in [9.17, 15) is 4.79 Å². The molecule has 1 aromatic carbocycles. The summed E-state index contributed by atoms with van der Waals surface area (Å²) in [5.74, 6) is 0.765. The average molecular weight is 342 g/mol. The second-order valence-electron chi connectivity index (χ2n) is 6.58. The lowest BCUT2D eigenvalue weighted by atomic mass is 10.0. The monoisotopic (exact) mass is 342 g/mol. The van der Waals surface area contributed by atoms with Gasteiger partial charge in [0.25, 0.3) is 5.91 Å². The van der Waals surface area contributed by atoms with Gasteiger partial charge in [-0.3, -0.25) is 9.89 Å². The number of carbonyl (C=O) groups is 1. The highest BCUT2D eigenvalue weighted by Crippen LogP contribution is 2.26. The van der Waals surface area contributed by atoms with E-state index in [2.05, 4.69) is 15.5 Å². The summed E-state index contributed by atoms with van der Waals surface area (Å²) in [4.78, 5) is 14.7. The average Bonchev–Trinajstić information content (AvgIpc) is 3.31. The van der Waals surface area contributed by atoms with Gasteiger partial charge in [-0.2, -0.15) is 5.10 Å². The Morgan fingerprint density at radius 2 is 2.20 bits per heavy atom. The van der Waals surface area contributed by atoms with Crippen LogP contribution in [0.4, 0.5) is 0 Å². The van der Waals surface area contributed by atoms with Gasteiger partial charge >= 0.3 is 0 Å². The van der Waals surface area contributed by atoms with Crippen LogP contribution in [0.2, 0.25) is 0 Å². The third-order valence-corrected chi connectivity index (χ3v) is 4.93. The molecule has 7 nitrogen and oxygen atoms in total. The van der Waals surface area contributed by atoms with Crippen molar-refractivity contribution in [3.8, 4) is 17.0 Å². The van der Waals surface area contributed by atoms with Crippen LogP contribution in [0.1, 0.15) is 16.9 Å². The topological polar surface area (TPSA) is 79.5 Å². The fourth-order valence-electron chi connectivity index (χ4n) is 3.51. The van der Waals surface area contributed by atoms with Gasteiger partial charge in [0.15, 0.2) is 0 Å². The van der Waals surface area contributed by atoms with Gasteiger partial charge < -0.3 is 19.7 Å². The number of amides is 1. The second-order valence-corrected chi connectivity index (χ2v) is 6.58. The Kier molecular flexibility index (Phi) is 4.19. The van der Waals surface area contributed by atoms with E-state index in [0.29, 0.717) is 25.4 Å². The molecule has 2 saturated heterocycles. The lowest BCUT2D eigenvalue weighted by molar-refractivity contribution is -0.0867. The number of H-pyrrole nitrogens is 1. The first-order valence-electron chi connectivity index (χ1n) is 8.53. The van der Waals surface area contributed by atoms with Gasteiger partial charge in [-0.1, -0.05) is 0 Å². The van der Waals surface area contributed by atoms with Crippen molar-refractivity contribution in [3.05, 3.63) is 36.0 Å². The first-order valence-corrected chi connectivity index (χ1v) is 8.53. The summed E-state index contributed by atoms with van der Waals surface area (Å²) in [6.45, 7) is 3.55. The number of methoxy groups -OCH3 is 1.